The second-order valence-corrected chi connectivity index (χ2v) is 6.09. The van der Waals surface area contributed by atoms with E-state index in [0.29, 0.717) is 11.9 Å². The molecule has 126 valence electrons. The first kappa shape index (κ1) is 21.0. The molecule has 0 atom stereocenters. The first-order valence-corrected chi connectivity index (χ1v) is 7.92. The van der Waals surface area contributed by atoms with Crippen molar-refractivity contribution in [2.45, 2.75) is 45.1 Å². The predicted molar refractivity (Wildman–Crippen MR) is 92.6 cm³/mol. The molecule has 0 unspecified atom stereocenters. The summed E-state index contributed by atoms with van der Waals surface area (Å²) in [5, 5.41) is 3.39. The van der Waals surface area contributed by atoms with Gasteiger partial charge in [0.25, 0.3) is 0 Å². The Hall–Kier alpha value is -0.0300. The number of rotatable bonds is 4. The Bertz CT molecular complexity index is 291. The summed E-state index contributed by atoms with van der Waals surface area (Å²) in [5.41, 5.74) is 0. The monoisotopic (exact) mass is 339 g/mol. The third-order valence-electron chi connectivity index (χ3n) is 4.56. The van der Waals surface area contributed by atoms with Crippen LogP contribution >= 0.6 is 24.8 Å². The largest absolute Gasteiger partial charge is 0.339 e. The lowest BCUT2D eigenvalue weighted by Gasteiger charge is -2.38. The number of nitrogens with zero attached hydrogens (tertiary/aromatic N) is 2. The Morgan fingerprint density at radius 1 is 1.14 bits per heavy atom. The smallest absolute Gasteiger partial charge is 0.226 e. The highest BCUT2D eigenvalue weighted by molar-refractivity contribution is 5.85. The van der Waals surface area contributed by atoms with Crippen LogP contribution in [0.3, 0.4) is 0 Å². The molecule has 2 fully saturated rings. The molecule has 2 aliphatic rings. The third-order valence-corrected chi connectivity index (χ3v) is 4.56. The van der Waals surface area contributed by atoms with Crippen molar-refractivity contribution in [2.24, 2.45) is 5.92 Å². The van der Waals surface area contributed by atoms with Gasteiger partial charge in [0.1, 0.15) is 0 Å². The van der Waals surface area contributed by atoms with Gasteiger partial charge in [0.05, 0.1) is 0 Å². The molecule has 0 saturated carbocycles. The molecule has 2 aliphatic heterocycles. The summed E-state index contributed by atoms with van der Waals surface area (Å²) in [6.45, 7) is 7.38. The van der Waals surface area contributed by atoms with Gasteiger partial charge in [0.2, 0.25) is 5.91 Å². The van der Waals surface area contributed by atoms with Crippen LogP contribution in [-0.2, 0) is 4.79 Å². The van der Waals surface area contributed by atoms with Gasteiger partial charge in [0.15, 0.2) is 0 Å². The number of carbonyl (C=O) groups is 1. The van der Waals surface area contributed by atoms with E-state index in [2.05, 4.69) is 29.1 Å². The van der Waals surface area contributed by atoms with Crippen LogP contribution in [0.2, 0.25) is 0 Å². The van der Waals surface area contributed by atoms with Crippen molar-refractivity contribution in [1.82, 2.24) is 15.1 Å². The summed E-state index contributed by atoms with van der Waals surface area (Å²) in [7, 11) is 2.15. The zero-order chi connectivity index (χ0) is 13.7. The first-order chi connectivity index (χ1) is 9.22. The average Bonchev–Trinajstić information content (AvgIpc) is 2.46. The van der Waals surface area contributed by atoms with Crippen LogP contribution in [0.5, 0.6) is 0 Å². The molecule has 0 bridgehead atoms. The molecule has 21 heavy (non-hydrogen) atoms. The SMILES string of the molecule is CCCN(C(=O)C1CCN(C)CC1)C1CCNCC1.Cl.Cl. The molecule has 1 amide bonds. The molecule has 0 aromatic carbocycles. The van der Waals surface area contributed by atoms with Gasteiger partial charge < -0.3 is 15.1 Å². The van der Waals surface area contributed by atoms with E-state index >= 15 is 0 Å². The number of nitrogens with one attached hydrogen (secondary N) is 1. The Balaban J connectivity index is 0.00000200. The van der Waals surface area contributed by atoms with E-state index < -0.39 is 0 Å². The first-order valence-electron chi connectivity index (χ1n) is 7.92. The van der Waals surface area contributed by atoms with Gasteiger partial charge in [-0.2, -0.15) is 0 Å². The van der Waals surface area contributed by atoms with Crippen molar-refractivity contribution in [2.75, 3.05) is 39.8 Å². The number of hydrogen-bond acceptors (Lipinski definition) is 3. The zero-order valence-corrected chi connectivity index (χ0v) is 15.0. The molecule has 2 saturated heterocycles. The van der Waals surface area contributed by atoms with Crippen molar-refractivity contribution in [3.63, 3.8) is 0 Å². The predicted octanol–water partition coefficient (Wildman–Crippen LogP) is 2.16. The Kier molecular flexibility index (Phi) is 10.6. The maximum absolute atomic E-state index is 12.8. The highest BCUT2D eigenvalue weighted by atomic mass is 35.5. The van der Waals surface area contributed by atoms with Crippen molar-refractivity contribution >= 4 is 30.7 Å². The minimum Gasteiger partial charge on any atom is -0.339 e. The highest BCUT2D eigenvalue weighted by Crippen LogP contribution is 2.22. The van der Waals surface area contributed by atoms with E-state index in [0.717, 1.165) is 64.8 Å². The molecule has 0 spiro atoms. The second-order valence-electron chi connectivity index (χ2n) is 6.09. The lowest BCUT2D eigenvalue weighted by molar-refractivity contribution is -0.140. The molecule has 6 heteroatoms. The Labute approximate surface area is 141 Å². The Morgan fingerprint density at radius 3 is 2.24 bits per heavy atom. The number of piperidine rings is 2. The van der Waals surface area contributed by atoms with E-state index in [1.807, 2.05) is 0 Å². The molecule has 1 N–H and O–H groups in total. The number of halogens is 2. The molecule has 2 rings (SSSR count). The molecular formula is C15H31Cl2N3O. The van der Waals surface area contributed by atoms with Crippen LogP contribution < -0.4 is 5.32 Å². The summed E-state index contributed by atoms with van der Waals surface area (Å²) in [4.78, 5) is 17.3. The van der Waals surface area contributed by atoms with Gasteiger partial charge in [-0.25, -0.2) is 0 Å². The Morgan fingerprint density at radius 2 is 1.71 bits per heavy atom. The molecule has 4 nitrogen and oxygen atoms in total. The summed E-state index contributed by atoms with van der Waals surface area (Å²) in [5.74, 6) is 0.708. The zero-order valence-electron chi connectivity index (χ0n) is 13.3. The molecule has 0 aromatic rings. The van der Waals surface area contributed by atoms with Crippen LogP contribution in [0.1, 0.15) is 39.0 Å². The summed E-state index contributed by atoms with van der Waals surface area (Å²) in [6.07, 6.45) is 5.40. The quantitative estimate of drug-likeness (QED) is 0.852. The number of amides is 1. The van der Waals surface area contributed by atoms with Crippen molar-refractivity contribution in [1.29, 1.82) is 0 Å². The second kappa shape index (κ2) is 10.7. The maximum atomic E-state index is 12.8. The topological polar surface area (TPSA) is 35.6 Å². The minimum atomic E-state index is 0. The van der Waals surface area contributed by atoms with E-state index in [9.17, 15) is 4.79 Å². The molecule has 0 aromatic heterocycles. The van der Waals surface area contributed by atoms with Crippen LogP contribution in [0.25, 0.3) is 0 Å². The van der Waals surface area contributed by atoms with Crippen LogP contribution in [0.15, 0.2) is 0 Å². The summed E-state index contributed by atoms with van der Waals surface area (Å²) >= 11 is 0. The maximum Gasteiger partial charge on any atom is 0.226 e. The summed E-state index contributed by atoms with van der Waals surface area (Å²) in [6, 6.07) is 0.480. The van der Waals surface area contributed by atoms with Gasteiger partial charge in [-0.05, 0) is 65.3 Å². The van der Waals surface area contributed by atoms with Crippen molar-refractivity contribution in [3.8, 4) is 0 Å². The highest BCUT2D eigenvalue weighted by Gasteiger charge is 2.31. The van der Waals surface area contributed by atoms with Gasteiger partial charge >= 0.3 is 0 Å². The number of likely N-dealkylation sites (tertiary alicyclic amines) is 1. The van der Waals surface area contributed by atoms with Crippen LogP contribution in [-0.4, -0.2) is 61.5 Å². The molecule has 0 radical (unpaired) electrons. The van der Waals surface area contributed by atoms with Gasteiger partial charge in [0, 0.05) is 18.5 Å². The van der Waals surface area contributed by atoms with E-state index in [4.69, 9.17) is 0 Å². The molecule has 0 aliphatic carbocycles. The fraction of sp³-hybridized carbons (Fsp3) is 0.933. The molecule has 2 heterocycles. The van der Waals surface area contributed by atoms with Crippen LogP contribution in [0.4, 0.5) is 0 Å². The average molecular weight is 340 g/mol. The summed E-state index contributed by atoms with van der Waals surface area (Å²) < 4.78 is 0. The fourth-order valence-corrected chi connectivity index (χ4v) is 3.32. The number of carbonyl (C=O) groups excluding carboxylic acids is 1. The van der Waals surface area contributed by atoms with Gasteiger partial charge in [-0.15, -0.1) is 24.8 Å². The third kappa shape index (κ3) is 5.93. The van der Waals surface area contributed by atoms with E-state index in [1.54, 1.807) is 0 Å². The minimum absolute atomic E-state index is 0. The van der Waals surface area contributed by atoms with Crippen LogP contribution in [0, 0.1) is 5.92 Å². The van der Waals surface area contributed by atoms with Crippen molar-refractivity contribution < 1.29 is 4.79 Å². The van der Waals surface area contributed by atoms with E-state index in [-0.39, 0.29) is 30.7 Å². The fourth-order valence-electron chi connectivity index (χ4n) is 3.32. The lowest BCUT2D eigenvalue weighted by atomic mass is 9.93. The lowest BCUT2D eigenvalue weighted by Crippen LogP contribution is -2.50. The standard InChI is InChI=1S/C15H29N3O.2ClH/c1-3-10-18(14-4-8-16-9-5-14)15(19)13-6-11-17(2)12-7-13;;/h13-14,16H,3-12H2,1-2H3;2*1H. The van der Waals surface area contributed by atoms with Gasteiger partial charge in [-0.3, -0.25) is 4.79 Å². The normalized spacial score (nSPS) is 21.2. The number of hydrogen-bond donors (Lipinski definition) is 1. The van der Waals surface area contributed by atoms with Gasteiger partial charge in [-0.1, -0.05) is 6.92 Å². The van der Waals surface area contributed by atoms with E-state index in [1.165, 1.54) is 0 Å². The molecular weight excluding hydrogens is 309 g/mol. The van der Waals surface area contributed by atoms with Crippen molar-refractivity contribution in [3.05, 3.63) is 0 Å².